The van der Waals surface area contributed by atoms with Crippen LogP contribution < -0.4 is 5.73 Å². The van der Waals surface area contributed by atoms with Gasteiger partial charge in [-0.3, -0.25) is 9.89 Å². The lowest BCUT2D eigenvalue weighted by molar-refractivity contribution is 0.0999. The number of aromatic nitrogens is 3. The number of nitrogens with two attached hydrogens (primary N) is 1. The molecule has 100 valence electrons. The third-order valence-corrected chi connectivity index (χ3v) is 3.46. The number of carbonyl (C=O) groups excluding carboxylic acids is 1. The quantitative estimate of drug-likeness (QED) is 0.668. The largest absolute Gasteiger partial charge is 0.505 e. The first kappa shape index (κ1) is 12.6. The number of nitrogens with zero attached hydrogens (tertiary/aromatic N) is 2. The monoisotopic (exact) mass is 332 g/mol. The Kier molecular flexibility index (Phi) is 2.90. The predicted octanol–water partition coefficient (Wildman–Crippen LogP) is 2.19. The van der Waals surface area contributed by atoms with Gasteiger partial charge in [0.15, 0.2) is 11.4 Å². The van der Waals surface area contributed by atoms with Crippen LogP contribution in [0.2, 0.25) is 0 Å². The van der Waals surface area contributed by atoms with Crippen molar-refractivity contribution in [1.82, 2.24) is 15.2 Å². The number of fused-ring (bicyclic) bond motifs is 1. The summed E-state index contributed by atoms with van der Waals surface area (Å²) < 4.78 is 0.900. The molecule has 0 spiro atoms. The van der Waals surface area contributed by atoms with Crippen LogP contribution in [0.4, 0.5) is 0 Å². The van der Waals surface area contributed by atoms with Gasteiger partial charge in [0.2, 0.25) is 0 Å². The summed E-state index contributed by atoms with van der Waals surface area (Å²) in [6.07, 6.45) is 1.48. The molecule has 0 atom stereocenters. The van der Waals surface area contributed by atoms with Gasteiger partial charge >= 0.3 is 0 Å². The van der Waals surface area contributed by atoms with Crippen molar-refractivity contribution < 1.29 is 9.90 Å². The lowest BCUT2D eigenvalue weighted by Crippen LogP contribution is -2.12. The second-order valence-corrected chi connectivity index (χ2v) is 5.09. The van der Waals surface area contributed by atoms with E-state index < -0.39 is 5.91 Å². The molecule has 7 heteroatoms. The normalized spacial score (nSPS) is 10.8. The number of hydrogen-bond donors (Lipinski definition) is 3. The number of rotatable bonds is 2. The Hall–Kier alpha value is -2.41. The molecule has 0 aliphatic heterocycles. The number of primary amides is 1. The number of benzene rings is 1. The summed E-state index contributed by atoms with van der Waals surface area (Å²) in [7, 11) is 0. The minimum atomic E-state index is -0.727. The fraction of sp³-hybridized carbons (Fsp3) is 0. The summed E-state index contributed by atoms with van der Waals surface area (Å²) in [4.78, 5) is 15.8. The Morgan fingerprint density at radius 2 is 2.00 bits per heavy atom. The Morgan fingerprint density at radius 3 is 2.65 bits per heavy atom. The zero-order chi connectivity index (χ0) is 14.3. The van der Waals surface area contributed by atoms with Gasteiger partial charge in [0.1, 0.15) is 5.69 Å². The highest BCUT2D eigenvalue weighted by molar-refractivity contribution is 9.10. The van der Waals surface area contributed by atoms with Gasteiger partial charge in [-0.05, 0) is 12.1 Å². The van der Waals surface area contributed by atoms with Crippen LogP contribution in [0.1, 0.15) is 10.4 Å². The molecular weight excluding hydrogens is 324 g/mol. The van der Waals surface area contributed by atoms with Crippen molar-refractivity contribution in [2.24, 2.45) is 5.73 Å². The first-order valence-electron chi connectivity index (χ1n) is 5.70. The summed E-state index contributed by atoms with van der Waals surface area (Å²) >= 11 is 3.33. The average molecular weight is 333 g/mol. The van der Waals surface area contributed by atoms with Gasteiger partial charge in [0.25, 0.3) is 5.91 Å². The molecule has 1 amide bonds. The van der Waals surface area contributed by atoms with E-state index in [0.29, 0.717) is 16.6 Å². The lowest BCUT2D eigenvalue weighted by atomic mass is 10.0. The third kappa shape index (κ3) is 1.92. The second-order valence-electron chi connectivity index (χ2n) is 4.18. The van der Waals surface area contributed by atoms with Crippen molar-refractivity contribution in [3.05, 3.63) is 40.5 Å². The van der Waals surface area contributed by atoms with E-state index in [1.807, 2.05) is 12.1 Å². The number of amides is 1. The summed E-state index contributed by atoms with van der Waals surface area (Å²) in [5.74, 6) is -0.969. The molecule has 0 radical (unpaired) electrons. The van der Waals surface area contributed by atoms with E-state index in [1.165, 1.54) is 6.20 Å². The summed E-state index contributed by atoms with van der Waals surface area (Å²) in [5.41, 5.74) is 6.61. The maximum Gasteiger partial charge on any atom is 0.253 e. The summed E-state index contributed by atoms with van der Waals surface area (Å²) in [6.45, 7) is 0. The number of hydrogen-bond acceptors (Lipinski definition) is 4. The zero-order valence-corrected chi connectivity index (χ0v) is 11.7. The molecule has 0 aliphatic carbocycles. The van der Waals surface area contributed by atoms with Crippen molar-refractivity contribution >= 4 is 32.9 Å². The third-order valence-electron chi connectivity index (χ3n) is 2.93. The molecule has 6 nitrogen and oxygen atoms in total. The van der Waals surface area contributed by atoms with E-state index in [0.717, 1.165) is 4.47 Å². The van der Waals surface area contributed by atoms with Crippen molar-refractivity contribution in [2.45, 2.75) is 0 Å². The summed E-state index contributed by atoms with van der Waals surface area (Å²) in [6, 6.07) is 7.18. The molecule has 2 aromatic heterocycles. The Labute approximate surface area is 121 Å². The maximum absolute atomic E-state index is 11.6. The Balaban J connectivity index is 2.33. The van der Waals surface area contributed by atoms with Crippen LogP contribution in [0.3, 0.4) is 0 Å². The van der Waals surface area contributed by atoms with E-state index in [1.54, 1.807) is 12.1 Å². The topological polar surface area (TPSA) is 105 Å². The molecule has 0 saturated heterocycles. The number of halogens is 1. The maximum atomic E-state index is 11.6. The highest BCUT2D eigenvalue weighted by atomic mass is 79.9. The minimum Gasteiger partial charge on any atom is -0.505 e. The van der Waals surface area contributed by atoms with Gasteiger partial charge in [-0.25, -0.2) is 4.98 Å². The molecule has 3 aromatic rings. The molecule has 1 aromatic carbocycles. The molecule has 0 unspecified atom stereocenters. The molecule has 4 N–H and O–H groups in total. The predicted molar refractivity (Wildman–Crippen MR) is 77.2 cm³/mol. The first-order valence-corrected chi connectivity index (χ1v) is 6.49. The molecular formula is C13H9BrN4O2. The minimum absolute atomic E-state index is 0.0154. The number of H-pyrrole nitrogens is 1. The highest BCUT2D eigenvalue weighted by Crippen LogP contribution is 2.34. The molecule has 20 heavy (non-hydrogen) atoms. The molecule has 0 fully saturated rings. The lowest BCUT2D eigenvalue weighted by Gasteiger charge is -2.08. The van der Waals surface area contributed by atoms with Crippen LogP contribution in [0.5, 0.6) is 5.75 Å². The van der Waals surface area contributed by atoms with Crippen LogP contribution in [0.25, 0.3) is 22.3 Å². The van der Waals surface area contributed by atoms with Crippen LogP contribution in [-0.4, -0.2) is 26.2 Å². The van der Waals surface area contributed by atoms with Crippen molar-refractivity contribution in [2.75, 3.05) is 0 Å². The second kappa shape index (κ2) is 4.61. The van der Waals surface area contributed by atoms with Gasteiger partial charge in [-0.2, -0.15) is 5.10 Å². The average Bonchev–Trinajstić information content (AvgIpc) is 2.86. The number of aromatic amines is 1. The van der Waals surface area contributed by atoms with Gasteiger partial charge < -0.3 is 10.8 Å². The fourth-order valence-corrected chi connectivity index (χ4v) is 2.28. The Bertz CT molecular complexity index is 811. The Morgan fingerprint density at radius 1 is 1.30 bits per heavy atom. The number of pyridine rings is 1. The van der Waals surface area contributed by atoms with E-state index in [2.05, 4.69) is 31.1 Å². The molecule has 3 rings (SSSR count). The molecule has 0 bridgehead atoms. The van der Waals surface area contributed by atoms with Crippen molar-refractivity contribution in [3.63, 3.8) is 0 Å². The van der Waals surface area contributed by atoms with Crippen molar-refractivity contribution in [3.8, 4) is 17.0 Å². The fourth-order valence-electron chi connectivity index (χ4n) is 2.02. The van der Waals surface area contributed by atoms with Gasteiger partial charge in [0.05, 0.1) is 10.9 Å². The smallest absolute Gasteiger partial charge is 0.253 e. The van der Waals surface area contributed by atoms with Gasteiger partial charge in [-0.1, -0.05) is 28.1 Å². The number of carbonyl (C=O) groups is 1. The van der Waals surface area contributed by atoms with Crippen LogP contribution in [0.15, 0.2) is 34.9 Å². The number of aromatic hydroxyl groups is 1. The van der Waals surface area contributed by atoms with Crippen LogP contribution in [-0.2, 0) is 0 Å². The molecule has 2 heterocycles. The van der Waals surface area contributed by atoms with Gasteiger partial charge in [-0.15, -0.1) is 0 Å². The molecule has 0 saturated carbocycles. The van der Waals surface area contributed by atoms with E-state index in [4.69, 9.17) is 5.73 Å². The number of nitrogens with one attached hydrogen (secondary N) is 1. The van der Waals surface area contributed by atoms with Gasteiger partial charge in [0, 0.05) is 16.2 Å². The van der Waals surface area contributed by atoms with E-state index >= 15 is 0 Å². The molecule has 0 aliphatic rings. The van der Waals surface area contributed by atoms with Crippen molar-refractivity contribution in [1.29, 1.82) is 0 Å². The van der Waals surface area contributed by atoms with E-state index in [-0.39, 0.29) is 17.0 Å². The van der Waals surface area contributed by atoms with Crippen LogP contribution >= 0.6 is 15.9 Å². The first-order chi connectivity index (χ1) is 9.58. The van der Waals surface area contributed by atoms with E-state index in [9.17, 15) is 9.90 Å². The SMILES string of the molecule is NC(=O)c1c(O)c(-c2ccc(Br)cc2)nc2n[nH]cc12. The zero-order valence-electron chi connectivity index (χ0n) is 10.1. The van der Waals surface area contributed by atoms with Crippen LogP contribution in [0, 0.1) is 0 Å². The highest BCUT2D eigenvalue weighted by Gasteiger charge is 2.20. The summed E-state index contributed by atoms with van der Waals surface area (Å²) in [5, 5.41) is 17.2. The standard InChI is InChI=1S/C13H9BrN4O2/c14-7-3-1-6(2-4-7)10-11(19)9(12(15)20)8-5-16-18-13(8)17-10/h1-5,19H,(H2,15,20)(H,16,17,18).